The summed E-state index contributed by atoms with van der Waals surface area (Å²) in [5, 5.41) is 2.84. The minimum atomic E-state index is -0.230. The molecule has 2 amide bonds. The number of carbonyl (C=O) groups excluding carboxylic acids is 2. The molecule has 1 fully saturated rings. The van der Waals surface area contributed by atoms with Crippen molar-refractivity contribution >= 4 is 23.2 Å². The Labute approximate surface area is 193 Å². The lowest BCUT2D eigenvalue weighted by Gasteiger charge is -2.36. The molecule has 0 spiro atoms. The Morgan fingerprint density at radius 2 is 1.45 bits per heavy atom. The third kappa shape index (κ3) is 5.83. The number of piperazine rings is 1. The van der Waals surface area contributed by atoms with Crippen molar-refractivity contribution in [2.24, 2.45) is 0 Å². The minimum absolute atomic E-state index is 0.0742. The van der Waals surface area contributed by atoms with Gasteiger partial charge in [0.15, 0.2) is 6.61 Å². The fourth-order valence-electron chi connectivity index (χ4n) is 3.70. The number of nitrogens with one attached hydrogen (secondary N) is 1. The monoisotopic (exact) mass is 445 g/mol. The summed E-state index contributed by atoms with van der Waals surface area (Å²) in [6, 6.07) is 24.2. The van der Waals surface area contributed by atoms with Gasteiger partial charge in [0.1, 0.15) is 11.5 Å². The zero-order valence-corrected chi connectivity index (χ0v) is 18.6. The second-order valence-corrected chi connectivity index (χ2v) is 7.70. The molecule has 7 heteroatoms. The molecule has 33 heavy (non-hydrogen) atoms. The Morgan fingerprint density at radius 1 is 0.818 bits per heavy atom. The first-order chi connectivity index (χ1) is 16.1. The van der Waals surface area contributed by atoms with E-state index in [-0.39, 0.29) is 18.4 Å². The van der Waals surface area contributed by atoms with E-state index < -0.39 is 0 Å². The standard InChI is InChI=1S/C26H27N3O4/c1-32-23-11-13-24(14-12-23)33-19-25(30)27-21-7-9-22(10-8-21)28-15-17-29(18-16-28)26(31)20-5-3-2-4-6-20/h2-14H,15-19H2,1H3,(H,27,30). The van der Waals surface area contributed by atoms with Gasteiger partial charge in [0.05, 0.1) is 7.11 Å². The average Bonchev–Trinajstić information content (AvgIpc) is 2.88. The third-order valence-corrected chi connectivity index (χ3v) is 5.53. The Morgan fingerprint density at radius 3 is 2.09 bits per heavy atom. The Kier molecular flexibility index (Phi) is 7.09. The lowest BCUT2D eigenvalue weighted by Crippen LogP contribution is -2.48. The van der Waals surface area contributed by atoms with Crippen molar-refractivity contribution in [3.8, 4) is 11.5 Å². The number of ether oxygens (including phenoxy) is 2. The van der Waals surface area contributed by atoms with Crippen molar-refractivity contribution in [2.75, 3.05) is 50.1 Å². The molecule has 1 aliphatic heterocycles. The summed E-state index contributed by atoms with van der Waals surface area (Å²) in [6.45, 7) is 2.80. The first-order valence-corrected chi connectivity index (χ1v) is 10.9. The summed E-state index contributed by atoms with van der Waals surface area (Å²) in [6.07, 6.45) is 0. The Balaban J connectivity index is 1.24. The van der Waals surface area contributed by atoms with Crippen molar-refractivity contribution in [3.63, 3.8) is 0 Å². The second kappa shape index (κ2) is 10.5. The van der Waals surface area contributed by atoms with Crippen molar-refractivity contribution in [3.05, 3.63) is 84.4 Å². The van der Waals surface area contributed by atoms with Gasteiger partial charge in [0, 0.05) is 43.1 Å². The highest BCUT2D eigenvalue weighted by Gasteiger charge is 2.22. The van der Waals surface area contributed by atoms with Gasteiger partial charge in [-0.15, -0.1) is 0 Å². The van der Waals surface area contributed by atoms with E-state index in [0.717, 1.165) is 30.1 Å². The molecule has 7 nitrogen and oxygen atoms in total. The molecule has 0 atom stereocenters. The van der Waals surface area contributed by atoms with Gasteiger partial charge in [-0.2, -0.15) is 0 Å². The molecule has 170 valence electrons. The zero-order chi connectivity index (χ0) is 23.0. The number of hydrogen-bond acceptors (Lipinski definition) is 5. The van der Waals surface area contributed by atoms with Gasteiger partial charge < -0.3 is 24.6 Å². The van der Waals surface area contributed by atoms with E-state index >= 15 is 0 Å². The first-order valence-electron chi connectivity index (χ1n) is 10.9. The topological polar surface area (TPSA) is 71.1 Å². The number of hydrogen-bond donors (Lipinski definition) is 1. The van der Waals surface area contributed by atoms with Crippen LogP contribution in [0.2, 0.25) is 0 Å². The van der Waals surface area contributed by atoms with Crippen LogP contribution in [0.15, 0.2) is 78.9 Å². The number of rotatable bonds is 7. The number of methoxy groups -OCH3 is 1. The Hall–Kier alpha value is -4.00. The summed E-state index contributed by atoms with van der Waals surface area (Å²) < 4.78 is 10.6. The largest absolute Gasteiger partial charge is 0.497 e. The van der Waals surface area contributed by atoms with Gasteiger partial charge in [0.25, 0.3) is 11.8 Å². The van der Waals surface area contributed by atoms with E-state index in [1.165, 1.54) is 0 Å². The van der Waals surface area contributed by atoms with E-state index in [1.54, 1.807) is 31.4 Å². The van der Waals surface area contributed by atoms with Gasteiger partial charge in [-0.25, -0.2) is 0 Å². The maximum atomic E-state index is 12.6. The molecule has 0 aromatic heterocycles. The quantitative estimate of drug-likeness (QED) is 0.601. The first kappa shape index (κ1) is 22.2. The van der Waals surface area contributed by atoms with Crippen molar-refractivity contribution in [1.29, 1.82) is 0 Å². The molecule has 4 rings (SSSR count). The average molecular weight is 446 g/mol. The van der Waals surface area contributed by atoms with Gasteiger partial charge in [-0.1, -0.05) is 18.2 Å². The summed E-state index contributed by atoms with van der Waals surface area (Å²) in [5.74, 6) is 1.18. The van der Waals surface area contributed by atoms with Crippen LogP contribution in [-0.2, 0) is 4.79 Å². The fourth-order valence-corrected chi connectivity index (χ4v) is 3.70. The number of anilines is 2. The van der Waals surface area contributed by atoms with Crippen molar-refractivity contribution in [2.45, 2.75) is 0 Å². The van der Waals surface area contributed by atoms with Crippen LogP contribution < -0.4 is 19.7 Å². The minimum Gasteiger partial charge on any atom is -0.497 e. The molecule has 3 aromatic carbocycles. The molecule has 3 aromatic rings. The summed E-state index contributed by atoms with van der Waals surface area (Å²) in [7, 11) is 1.60. The number of amides is 2. The third-order valence-electron chi connectivity index (χ3n) is 5.53. The van der Waals surface area contributed by atoms with Gasteiger partial charge >= 0.3 is 0 Å². The molecule has 1 aliphatic rings. The molecule has 1 heterocycles. The van der Waals surface area contributed by atoms with E-state index in [2.05, 4.69) is 10.2 Å². The smallest absolute Gasteiger partial charge is 0.262 e. The lowest BCUT2D eigenvalue weighted by molar-refractivity contribution is -0.118. The van der Waals surface area contributed by atoms with Crippen LogP contribution in [0.3, 0.4) is 0 Å². The predicted molar refractivity (Wildman–Crippen MR) is 128 cm³/mol. The Bertz CT molecular complexity index is 1060. The van der Waals surface area contributed by atoms with Crippen molar-refractivity contribution in [1.82, 2.24) is 4.90 Å². The fraction of sp³-hybridized carbons (Fsp3) is 0.231. The van der Waals surface area contributed by atoms with Crippen LogP contribution in [0.5, 0.6) is 11.5 Å². The summed E-state index contributed by atoms with van der Waals surface area (Å²) >= 11 is 0. The number of nitrogens with zero attached hydrogens (tertiary/aromatic N) is 2. The molecule has 0 radical (unpaired) electrons. The van der Waals surface area contributed by atoms with Crippen LogP contribution in [0.25, 0.3) is 0 Å². The highest BCUT2D eigenvalue weighted by Crippen LogP contribution is 2.21. The molecular formula is C26H27N3O4. The lowest BCUT2D eigenvalue weighted by atomic mass is 10.1. The maximum Gasteiger partial charge on any atom is 0.262 e. The molecule has 0 aliphatic carbocycles. The highest BCUT2D eigenvalue weighted by atomic mass is 16.5. The second-order valence-electron chi connectivity index (χ2n) is 7.70. The molecule has 0 unspecified atom stereocenters. The molecule has 1 N–H and O–H groups in total. The van der Waals surface area contributed by atoms with E-state index in [1.807, 2.05) is 59.5 Å². The van der Waals surface area contributed by atoms with Crippen LogP contribution in [0.4, 0.5) is 11.4 Å². The van der Waals surface area contributed by atoms with E-state index in [9.17, 15) is 9.59 Å². The molecular weight excluding hydrogens is 418 g/mol. The molecule has 0 bridgehead atoms. The van der Waals surface area contributed by atoms with E-state index in [4.69, 9.17) is 9.47 Å². The molecule has 1 saturated heterocycles. The normalized spacial score (nSPS) is 13.4. The number of carbonyl (C=O) groups is 2. The van der Waals surface area contributed by atoms with Gasteiger partial charge in [-0.05, 0) is 60.7 Å². The SMILES string of the molecule is COc1ccc(OCC(=O)Nc2ccc(N3CCN(C(=O)c4ccccc4)CC3)cc2)cc1. The van der Waals surface area contributed by atoms with Crippen LogP contribution in [0, 0.1) is 0 Å². The zero-order valence-electron chi connectivity index (χ0n) is 18.6. The summed E-state index contributed by atoms with van der Waals surface area (Å²) in [4.78, 5) is 29.0. The van der Waals surface area contributed by atoms with Crippen LogP contribution in [0.1, 0.15) is 10.4 Å². The van der Waals surface area contributed by atoms with Crippen molar-refractivity contribution < 1.29 is 19.1 Å². The highest BCUT2D eigenvalue weighted by molar-refractivity contribution is 5.94. The van der Waals surface area contributed by atoms with Crippen LogP contribution >= 0.6 is 0 Å². The predicted octanol–water partition coefficient (Wildman–Crippen LogP) is 3.68. The van der Waals surface area contributed by atoms with Gasteiger partial charge in [0.2, 0.25) is 0 Å². The maximum absolute atomic E-state index is 12.6. The molecule has 0 saturated carbocycles. The number of benzene rings is 3. The van der Waals surface area contributed by atoms with Crippen LogP contribution in [-0.4, -0.2) is 56.6 Å². The van der Waals surface area contributed by atoms with Gasteiger partial charge in [-0.3, -0.25) is 9.59 Å². The van der Waals surface area contributed by atoms with E-state index in [0.29, 0.717) is 24.5 Å². The summed E-state index contributed by atoms with van der Waals surface area (Å²) in [5.41, 5.74) is 2.50.